The van der Waals surface area contributed by atoms with E-state index in [2.05, 4.69) is 28.6 Å². The van der Waals surface area contributed by atoms with Crippen molar-refractivity contribution in [2.75, 3.05) is 13.1 Å². The average molecular weight is 394 g/mol. The molecule has 2 heterocycles. The van der Waals surface area contributed by atoms with Crippen LogP contribution in [0.5, 0.6) is 0 Å². The minimum Gasteiger partial charge on any atom is -0.351 e. The molecule has 0 radical (unpaired) electrons. The second-order valence-corrected chi connectivity index (χ2v) is 7.64. The summed E-state index contributed by atoms with van der Waals surface area (Å²) in [7, 11) is 0. The van der Waals surface area contributed by atoms with Crippen LogP contribution in [0.15, 0.2) is 41.8 Å². The van der Waals surface area contributed by atoms with Gasteiger partial charge in [0.15, 0.2) is 0 Å². The van der Waals surface area contributed by atoms with Gasteiger partial charge in [-0.15, -0.1) is 11.3 Å². The number of nitrogens with zero attached hydrogens (tertiary/aromatic N) is 1. The highest BCUT2D eigenvalue weighted by Gasteiger charge is 2.29. The van der Waals surface area contributed by atoms with E-state index in [1.165, 1.54) is 34.7 Å². The van der Waals surface area contributed by atoms with Crippen molar-refractivity contribution < 1.29 is 18.0 Å². The average Bonchev–Trinajstić information content (AvgIpc) is 3.11. The molecule has 0 spiro atoms. The molecule has 27 heavy (non-hydrogen) atoms. The lowest BCUT2D eigenvalue weighted by atomic mass is 10.1. The van der Waals surface area contributed by atoms with Gasteiger partial charge in [0.2, 0.25) is 5.91 Å². The molecule has 144 valence electrons. The quantitative estimate of drug-likeness (QED) is 0.765. The molecular formula is C20H21F3N2OS. The van der Waals surface area contributed by atoms with E-state index in [4.69, 9.17) is 0 Å². The molecular weight excluding hydrogens is 373 g/mol. The molecule has 7 heteroatoms. The van der Waals surface area contributed by atoms with Crippen molar-refractivity contribution in [3.05, 3.63) is 63.4 Å². The van der Waals surface area contributed by atoms with Crippen LogP contribution in [-0.4, -0.2) is 29.9 Å². The Hall–Kier alpha value is -2.12. The summed E-state index contributed by atoms with van der Waals surface area (Å²) in [6.07, 6.45) is -0.450. The topological polar surface area (TPSA) is 32.3 Å². The molecule has 0 saturated heterocycles. The fourth-order valence-corrected chi connectivity index (χ4v) is 3.93. The van der Waals surface area contributed by atoms with Crippen molar-refractivity contribution in [2.45, 2.75) is 32.1 Å². The Kier molecular flexibility index (Phi) is 6.01. The minimum atomic E-state index is -4.35. The zero-order valence-electron chi connectivity index (χ0n) is 14.9. The monoisotopic (exact) mass is 394 g/mol. The molecule has 1 aromatic carbocycles. The molecule has 0 bridgehead atoms. The summed E-state index contributed by atoms with van der Waals surface area (Å²) >= 11 is 1.80. The van der Waals surface area contributed by atoms with Crippen LogP contribution in [0.25, 0.3) is 6.08 Å². The fraction of sp³-hybridized carbons (Fsp3) is 0.350. The Labute approximate surface area is 160 Å². The van der Waals surface area contributed by atoms with Crippen LogP contribution in [0.2, 0.25) is 0 Å². The van der Waals surface area contributed by atoms with Crippen LogP contribution >= 0.6 is 11.3 Å². The summed E-state index contributed by atoms with van der Waals surface area (Å²) < 4.78 is 37.6. The standard InChI is InChI=1S/C20H21F3N2OS/c1-14(25-10-8-18-16(13-25)9-11-27-18)12-24-19(26)7-4-15-2-5-17(6-3-15)20(21,22)23/h2-7,9,11,14H,8,10,12-13H2,1H3,(H,24,26)/b7-4+. The van der Waals surface area contributed by atoms with Gasteiger partial charge in [0.05, 0.1) is 5.56 Å². The highest BCUT2D eigenvalue weighted by molar-refractivity contribution is 7.10. The molecule has 0 aliphatic carbocycles. The predicted molar refractivity (Wildman–Crippen MR) is 101 cm³/mol. The number of thiophene rings is 1. The van der Waals surface area contributed by atoms with Crippen molar-refractivity contribution in [1.29, 1.82) is 0 Å². The van der Waals surface area contributed by atoms with E-state index in [0.717, 1.165) is 31.6 Å². The van der Waals surface area contributed by atoms with Crippen LogP contribution < -0.4 is 5.32 Å². The molecule has 1 amide bonds. The van der Waals surface area contributed by atoms with Gasteiger partial charge in [0, 0.05) is 36.6 Å². The molecule has 0 fully saturated rings. The van der Waals surface area contributed by atoms with E-state index in [0.29, 0.717) is 12.1 Å². The Morgan fingerprint density at radius 1 is 1.30 bits per heavy atom. The van der Waals surface area contributed by atoms with E-state index < -0.39 is 11.7 Å². The molecule has 1 aliphatic heterocycles. The third kappa shape index (κ3) is 5.20. The molecule has 0 saturated carbocycles. The van der Waals surface area contributed by atoms with Crippen molar-refractivity contribution >= 4 is 23.3 Å². The van der Waals surface area contributed by atoms with E-state index in [1.807, 2.05) is 0 Å². The lowest BCUT2D eigenvalue weighted by Gasteiger charge is -2.32. The van der Waals surface area contributed by atoms with Crippen molar-refractivity contribution in [3.8, 4) is 0 Å². The normalized spacial score (nSPS) is 16.3. The summed E-state index contributed by atoms with van der Waals surface area (Å²) in [5.74, 6) is -0.255. The second-order valence-electron chi connectivity index (χ2n) is 6.64. The maximum absolute atomic E-state index is 12.5. The van der Waals surface area contributed by atoms with Gasteiger partial charge in [0.25, 0.3) is 0 Å². The number of halogens is 3. The molecule has 3 nitrogen and oxygen atoms in total. The van der Waals surface area contributed by atoms with Crippen LogP contribution in [-0.2, 0) is 23.9 Å². The number of carbonyl (C=O) groups is 1. The summed E-state index contributed by atoms with van der Waals surface area (Å²) in [6.45, 7) is 4.48. The molecule has 1 aliphatic rings. The summed E-state index contributed by atoms with van der Waals surface area (Å²) in [5, 5.41) is 4.98. The molecule has 2 aromatic rings. The van der Waals surface area contributed by atoms with E-state index >= 15 is 0 Å². The van der Waals surface area contributed by atoms with E-state index in [1.54, 1.807) is 11.3 Å². The second kappa shape index (κ2) is 8.27. The number of amides is 1. The van der Waals surface area contributed by atoms with Gasteiger partial charge >= 0.3 is 6.18 Å². The zero-order valence-corrected chi connectivity index (χ0v) is 15.7. The number of hydrogen-bond acceptors (Lipinski definition) is 3. The Morgan fingerprint density at radius 2 is 2.04 bits per heavy atom. The number of fused-ring (bicyclic) bond motifs is 1. The number of rotatable bonds is 5. The minimum absolute atomic E-state index is 0.210. The summed E-state index contributed by atoms with van der Waals surface area (Å²) in [6, 6.07) is 7.08. The van der Waals surface area contributed by atoms with Gasteiger partial charge in [-0.05, 0) is 54.1 Å². The first kappa shape index (κ1) is 19.6. The van der Waals surface area contributed by atoms with Gasteiger partial charge in [0.1, 0.15) is 0 Å². The Morgan fingerprint density at radius 3 is 2.74 bits per heavy atom. The van der Waals surface area contributed by atoms with Crippen LogP contribution in [0.3, 0.4) is 0 Å². The van der Waals surface area contributed by atoms with Gasteiger partial charge < -0.3 is 5.32 Å². The number of benzene rings is 1. The van der Waals surface area contributed by atoms with E-state index in [9.17, 15) is 18.0 Å². The first-order chi connectivity index (χ1) is 12.8. The maximum atomic E-state index is 12.5. The molecule has 1 aromatic heterocycles. The lowest BCUT2D eigenvalue weighted by Crippen LogP contribution is -2.43. The number of carbonyl (C=O) groups excluding carboxylic acids is 1. The largest absolute Gasteiger partial charge is 0.416 e. The zero-order chi connectivity index (χ0) is 19.4. The van der Waals surface area contributed by atoms with Crippen LogP contribution in [0.4, 0.5) is 13.2 Å². The third-order valence-electron chi connectivity index (χ3n) is 4.70. The van der Waals surface area contributed by atoms with E-state index in [-0.39, 0.29) is 11.9 Å². The van der Waals surface area contributed by atoms with Crippen molar-refractivity contribution in [2.24, 2.45) is 0 Å². The Bertz CT molecular complexity index is 811. The molecule has 1 unspecified atom stereocenters. The first-order valence-corrected chi connectivity index (χ1v) is 9.63. The van der Waals surface area contributed by atoms with Crippen LogP contribution in [0.1, 0.15) is 28.5 Å². The molecule has 1 atom stereocenters. The van der Waals surface area contributed by atoms with Crippen LogP contribution in [0, 0.1) is 0 Å². The first-order valence-electron chi connectivity index (χ1n) is 8.75. The highest BCUT2D eigenvalue weighted by atomic mass is 32.1. The number of nitrogens with one attached hydrogen (secondary N) is 1. The van der Waals surface area contributed by atoms with Gasteiger partial charge in [-0.25, -0.2) is 0 Å². The number of alkyl halides is 3. The summed E-state index contributed by atoms with van der Waals surface area (Å²) in [4.78, 5) is 15.8. The predicted octanol–water partition coefficient (Wildman–Crippen LogP) is 4.34. The van der Waals surface area contributed by atoms with Crippen molar-refractivity contribution in [3.63, 3.8) is 0 Å². The highest BCUT2D eigenvalue weighted by Crippen LogP contribution is 2.29. The van der Waals surface area contributed by atoms with Crippen molar-refractivity contribution in [1.82, 2.24) is 10.2 Å². The van der Waals surface area contributed by atoms with Gasteiger partial charge in [-0.3, -0.25) is 9.69 Å². The van der Waals surface area contributed by atoms with Gasteiger partial charge in [-0.2, -0.15) is 13.2 Å². The SMILES string of the molecule is CC(CNC(=O)/C=C/c1ccc(C(F)(F)F)cc1)N1CCc2sccc2C1. The molecule has 1 N–H and O–H groups in total. The number of hydrogen-bond donors (Lipinski definition) is 1. The Balaban J connectivity index is 1.47. The maximum Gasteiger partial charge on any atom is 0.416 e. The molecule has 3 rings (SSSR count). The summed E-state index contributed by atoms with van der Waals surface area (Å²) in [5.41, 5.74) is 1.21. The third-order valence-corrected chi connectivity index (χ3v) is 5.72. The smallest absolute Gasteiger partial charge is 0.351 e. The van der Waals surface area contributed by atoms with Gasteiger partial charge in [-0.1, -0.05) is 12.1 Å². The fourth-order valence-electron chi connectivity index (χ4n) is 3.04. The lowest BCUT2D eigenvalue weighted by molar-refractivity contribution is -0.137.